The van der Waals surface area contributed by atoms with Crippen molar-refractivity contribution in [3.8, 4) is 0 Å². The molecule has 0 saturated carbocycles. The highest BCUT2D eigenvalue weighted by atomic mass is 32.2. The molecule has 0 aliphatic heterocycles. The largest absolute Gasteiger partial charge is 0.460 e. The van der Waals surface area contributed by atoms with Crippen LogP contribution >= 0.6 is 0 Å². The molecule has 0 radical (unpaired) electrons. The summed E-state index contributed by atoms with van der Waals surface area (Å²) in [6, 6.07) is 7.70. The molecule has 8 nitrogen and oxygen atoms in total. The molecule has 0 bridgehead atoms. The summed E-state index contributed by atoms with van der Waals surface area (Å²) >= 11 is 0. The van der Waals surface area contributed by atoms with E-state index in [9.17, 15) is 18.0 Å². The lowest BCUT2D eigenvalue weighted by Crippen LogP contribution is -2.27. The fourth-order valence-electron chi connectivity index (χ4n) is 4.06. The Morgan fingerprint density at radius 3 is 2.30 bits per heavy atom. The number of fused-ring (bicyclic) bond motifs is 3. The van der Waals surface area contributed by atoms with Crippen molar-refractivity contribution in [1.82, 2.24) is 5.32 Å². The van der Waals surface area contributed by atoms with Crippen LogP contribution in [0, 0.1) is 27.7 Å². The second-order valence-corrected chi connectivity index (χ2v) is 9.75. The van der Waals surface area contributed by atoms with Crippen molar-refractivity contribution in [2.75, 3.05) is 0 Å². The smallest absolute Gasteiger partial charge is 0.340 e. The van der Waals surface area contributed by atoms with Crippen LogP contribution in [0.3, 0.4) is 0 Å². The first kappa shape index (κ1) is 22.8. The van der Waals surface area contributed by atoms with Gasteiger partial charge in [-0.15, -0.1) is 0 Å². The van der Waals surface area contributed by atoms with Gasteiger partial charge in [0.15, 0.2) is 0 Å². The average Bonchev–Trinajstić information content (AvgIpc) is 3.03. The quantitative estimate of drug-likeness (QED) is 0.432. The predicted molar refractivity (Wildman–Crippen MR) is 125 cm³/mol. The van der Waals surface area contributed by atoms with Crippen LogP contribution in [0.15, 0.2) is 48.9 Å². The number of primary sulfonamides is 1. The molecule has 0 unspecified atom stereocenters. The van der Waals surface area contributed by atoms with E-state index in [1.807, 2.05) is 26.8 Å². The van der Waals surface area contributed by atoms with Gasteiger partial charge in [0.1, 0.15) is 16.9 Å². The molecule has 0 spiro atoms. The Morgan fingerprint density at radius 1 is 1.00 bits per heavy atom. The number of nitrogens with one attached hydrogen (secondary N) is 1. The van der Waals surface area contributed by atoms with Crippen molar-refractivity contribution in [2.45, 2.75) is 45.6 Å². The van der Waals surface area contributed by atoms with Gasteiger partial charge in [-0.3, -0.25) is 4.79 Å². The number of nitrogens with two attached hydrogens (primary N) is 1. The number of furan rings is 1. The lowest BCUT2D eigenvalue weighted by Gasteiger charge is -2.10. The van der Waals surface area contributed by atoms with Gasteiger partial charge in [0.2, 0.25) is 15.9 Å². The van der Waals surface area contributed by atoms with Crippen LogP contribution in [-0.2, 0) is 27.8 Å². The SMILES string of the molecule is Cc1oc2c(c(C)cc3oc(=O)c(CC(=O)NCc4ccc(S(N)(=O)=O)cc4)c(C)c32)c1C. The number of amides is 1. The van der Waals surface area contributed by atoms with Gasteiger partial charge in [-0.2, -0.15) is 0 Å². The van der Waals surface area contributed by atoms with Crippen molar-refractivity contribution in [2.24, 2.45) is 5.14 Å². The number of hydrogen-bond acceptors (Lipinski definition) is 6. The maximum Gasteiger partial charge on any atom is 0.340 e. The van der Waals surface area contributed by atoms with Crippen LogP contribution in [0.5, 0.6) is 0 Å². The highest BCUT2D eigenvalue weighted by Crippen LogP contribution is 2.36. The first-order chi connectivity index (χ1) is 15.5. The Morgan fingerprint density at radius 2 is 1.67 bits per heavy atom. The van der Waals surface area contributed by atoms with Crippen LogP contribution in [0.4, 0.5) is 0 Å². The molecule has 3 N–H and O–H groups in total. The van der Waals surface area contributed by atoms with Crippen LogP contribution < -0.4 is 16.1 Å². The van der Waals surface area contributed by atoms with Crippen molar-refractivity contribution in [1.29, 1.82) is 0 Å². The zero-order chi connectivity index (χ0) is 24.1. The number of rotatable bonds is 5. The van der Waals surface area contributed by atoms with E-state index < -0.39 is 15.6 Å². The van der Waals surface area contributed by atoms with E-state index in [1.165, 1.54) is 12.1 Å². The predicted octanol–water partition coefficient (Wildman–Crippen LogP) is 3.28. The van der Waals surface area contributed by atoms with Crippen molar-refractivity contribution in [3.05, 3.63) is 74.3 Å². The van der Waals surface area contributed by atoms with E-state index >= 15 is 0 Å². The monoisotopic (exact) mass is 468 g/mol. The second-order valence-electron chi connectivity index (χ2n) is 8.19. The Bertz CT molecular complexity index is 1580. The van der Waals surface area contributed by atoms with Gasteiger partial charge in [0.05, 0.1) is 22.3 Å². The summed E-state index contributed by atoms with van der Waals surface area (Å²) in [4.78, 5) is 25.3. The van der Waals surface area contributed by atoms with Crippen LogP contribution in [0.1, 0.15) is 33.6 Å². The van der Waals surface area contributed by atoms with Gasteiger partial charge in [-0.25, -0.2) is 18.4 Å². The van der Waals surface area contributed by atoms with Gasteiger partial charge < -0.3 is 14.2 Å². The van der Waals surface area contributed by atoms with E-state index in [2.05, 4.69) is 5.32 Å². The third-order valence-electron chi connectivity index (χ3n) is 5.96. The summed E-state index contributed by atoms with van der Waals surface area (Å²) in [5, 5.41) is 9.51. The first-order valence-corrected chi connectivity index (χ1v) is 11.9. The van der Waals surface area contributed by atoms with E-state index in [-0.39, 0.29) is 29.3 Å². The molecular formula is C24H24N2O6S. The van der Waals surface area contributed by atoms with Gasteiger partial charge >= 0.3 is 5.63 Å². The molecule has 2 heterocycles. The molecule has 0 atom stereocenters. The molecule has 2 aromatic carbocycles. The number of carbonyl (C=O) groups excluding carboxylic acids is 1. The Labute approximate surface area is 190 Å². The summed E-state index contributed by atoms with van der Waals surface area (Å²) in [6.07, 6.45) is -0.159. The highest BCUT2D eigenvalue weighted by Gasteiger charge is 2.21. The maximum absolute atomic E-state index is 12.7. The van der Waals surface area contributed by atoms with E-state index in [0.717, 1.165) is 22.3 Å². The molecule has 1 amide bonds. The average molecular weight is 469 g/mol. The molecule has 2 aromatic heterocycles. The lowest BCUT2D eigenvalue weighted by molar-refractivity contribution is -0.120. The van der Waals surface area contributed by atoms with E-state index in [1.54, 1.807) is 19.1 Å². The topological polar surface area (TPSA) is 133 Å². The molecule has 0 aliphatic rings. The van der Waals surface area contributed by atoms with Gasteiger partial charge in [-0.1, -0.05) is 12.1 Å². The lowest BCUT2D eigenvalue weighted by atomic mass is 9.98. The summed E-state index contributed by atoms with van der Waals surface area (Å²) in [5.41, 5.74) is 4.10. The van der Waals surface area contributed by atoms with E-state index in [0.29, 0.717) is 27.7 Å². The van der Waals surface area contributed by atoms with Gasteiger partial charge in [-0.05, 0) is 68.1 Å². The number of carbonyl (C=O) groups is 1. The van der Waals surface area contributed by atoms with Crippen molar-refractivity contribution < 1.29 is 22.0 Å². The molecule has 0 fully saturated rings. The molecule has 9 heteroatoms. The summed E-state index contributed by atoms with van der Waals surface area (Å²) < 4.78 is 34.3. The maximum atomic E-state index is 12.7. The Balaban J connectivity index is 1.62. The molecule has 4 rings (SSSR count). The number of benzene rings is 2. The van der Waals surface area contributed by atoms with Crippen molar-refractivity contribution >= 4 is 37.9 Å². The minimum Gasteiger partial charge on any atom is -0.460 e. The first-order valence-electron chi connectivity index (χ1n) is 10.3. The minimum absolute atomic E-state index is 0.00748. The highest BCUT2D eigenvalue weighted by molar-refractivity contribution is 7.89. The van der Waals surface area contributed by atoms with Gasteiger partial charge in [0, 0.05) is 11.9 Å². The number of aryl methyl sites for hydroxylation is 4. The zero-order valence-electron chi connectivity index (χ0n) is 18.7. The van der Waals surface area contributed by atoms with E-state index in [4.69, 9.17) is 14.0 Å². The van der Waals surface area contributed by atoms with Crippen LogP contribution in [0.2, 0.25) is 0 Å². The number of sulfonamides is 1. The zero-order valence-corrected chi connectivity index (χ0v) is 19.6. The Kier molecular flexibility index (Phi) is 5.63. The third kappa shape index (κ3) is 4.17. The normalized spacial score (nSPS) is 11.9. The summed E-state index contributed by atoms with van der Waals surface area (Å²) in [6.45, 7) is 7.77. The molecule has 0 aliphatic carbocycles. The Hall–Kier alpha value is -3.43. The van der Waals surface area contributed by atoms with Gasteiger partial charge in [0.25, 0.3) is 0 Å². The molecule has 0 saturated heterocycles. The molecule has 33 heavy (non-hydrogen) atoms. The fraction of sp³-hybridized carbons (Fsp3) is 0.250. The summed E-state index contributed by atoms with van der Waals surface area (Å²) in [7, 11) is -3.78. The van der Waals surface area contributed by atoms with Crippen LogP contribution in [0.25, 0.3) is 21.9 Å². The van der Waals surface area contributed by atoms with Crippen molar-refractivity contribution in [3.63, 3.8) is 0 Å². The molecule has 4 aromatic rings. The fourth-order valence-corrected chi connectivity index (χ4v) is 4.57. The number of hydrogen-bond donors (Lipinski definition) is 2. The third-order valence-corrected chi connectivity index (χ3v) is 6.89. The standard InChI is InChI=1S/C24H24N2O6S/c1-12-9-19-22(23-21(12)13(2)15(4)31-23)14(3)18(24(28)32-19)10-20(27)26-11-16-5-7-17(8-6-16)33(25,29)30/h5-9H,10-11H2,1-4H3,(H,26,27)(H2,25,29,30). The second kappa shape index (κ2) is 8.17. The van der Waals surface area contributed by atoms with Crippen LogP contribution in [-0.4, -0.2) is 14.3 Å². The molecular weight excluding hydrogens is 444 g/mol. The summed E-state index contributed by atoms with van der Waals surface area (Å²) in [5.74, 6) is 0.425. The minimum atomic E-state index is -3.78. The molecule has 172 valence electrons.